The predicted octanol–water partition coefficient (Wildman–Crippen LogP) is 5.50. The molecule has 146 valence electrons. The maximum atomic E-state index is 13.0. The van der Waals surface area contributed by atoms with Crippen LogP contribution in [0.2, 0.25) is 0 Å². The fourth-order valence-electron chi connectivity index (χ4n) is 4.58. The fraction of sp³-hybridized carbons (Fsp3) is 0.391. The zero-order valence-electron chi connectivity index (χ0n) is 16.7. The van der Waals surface area contributed by atoms with Crippen LogP contribution in [0.1, 0.15) is 60.6 Å². The number of aromatic amines is 2. The molecule has 2 heterocycles. The van der Waals surface area contributed by atoms with Crippen molar-refractivity contribution in [1.82, 2.24) is 9.97 Å². The molecule has 0 unspecified atom stereocenters. The number of carbonyl (C=O) groups is 2. The van der Waals surface area contributed by atoms with Crippen molar-refractivity contribution < 1.29 is 9.59 Å². The molecule has 0 saturated heterocycles. The Hall–Kier alpha value is -2.82. The number of carbonyl (C=O) groups excluding carboxylic acids is 2. The Balaban J connectivity index is 1.81. The van der Waals surface area contributed by atoms with Gasteiger partial charge in [0, 0.05) is 28.1 Å². The molecule has 1 aromatic carbocycles. The molecule has 0 radical (unpaired) electrons. The van der Waals surface area contributed by atoms with Crippen LogP contribution in [-0.2, 0) is 4.79 Å². The molecule has 3 N–H and O–H groups in total. The van der Waals surface area contributed by atoms with Crippen LogP contribution in [0.5, 0.6) is 0 Å². The van der Waals surface area contributed by atoms with E-state index in [9.17, 15) is 9.59 Å². The van der Waals surface area contributed by atoms with Crippen LogP contribution in [-0.4, -0.2) is 21.7 Å². The Kier molecular flexibility index (Phi) is 4.84. The molecule has 0 aliphatic heterocycles. The van der Waals surface area contributed by atoms with Crippen LogP contribution in [0.25, 0.3) is 22.3 Å². The number of para-hydroxylation sites is 1. The molecule has 28 heavy (non-hydrogen) atoms. The van der Waals surface area contributed by atoms with Crippen molar-refractivity contribution in [2.24, 2.45) is 5.92 Å². The number of nitrogens with one attached hydrogen (secondary N) is 3. The lowest BCUT2D eigenvalue weighted by Gasteiger charge is -2.21. The lowest BCUT2D eigenvalue weighted by atomic mass is 9.88. The normalized spacial score (nSPS) is 15.1. The molecule has 0 bridgehead atoms. The summed E-state index contributed by atoms with van der Waals surface area (Å²) < 4.78 is 0. The number of aromatic nitrogens is 2. The van der Waals surface area contributed by atoms with Crippen LogP contribution in [0.4, 0.5) is 5.69 Å². The summed E-state index contributed by atoms with van der Waals surface area (Å²) in [6.07, 6.45) is 5.37. The van der Waals surface area contributed by atoms with Gasteiger partial charge in [0.15, 0.2) is 5.78 Å². The van der Waals surface area contributed by atoms with Gasteiger partial charge in [-0.2, -0.15) is 0 Å². The van der Waals surface area contributed by atoms with Gasteiger partial charge < -0.3 is 15.3 Å². The third-order valence-corrected chi connectivity index (χ3v) is 5.97. The van der Waals surface area contributed by atoms with Gasteiger partial charge in [-0.25, -0.2) is 0 Å². The van der Waals surface area contributed by atoms with E-state index in [2.05, 4.69) is 15.3 Å². The summed E-state index contributed by atoms with van der Waals surface area (Å²) in [6.45, 7) is 5.45. The van der Waals surface area contributed by atoms with Gasteiger partial charge in [-0.05, 0) is 45.2 Å². The van der Waals surface area contributed by atoms with E-state index < -0.39 is 0 Å². The largest absolute Gasteiger partial charge is 0.357 e. The van der Waals surface area contributed by atoms with Gasteiger partial charge in [-0.3, -0.25) is 9.59 Å². The molecular weight excluding hydrogens is 350 g/mol. The van der Waals surface area contributed by atoms with Gasteiger partial charge in [0.2, 0.25) is 5.91 Å². The standard InChI is InChI=1S/C23H27N3O2/c1-13-19(15(3)27)14(2)24-20(13)22-21(17-11-7-8-12-18(17)25-22)26-23(28)16-9-5-4-6-10-16/h7-8,11-12,16,24-25H,4-6,9-10H2,1-3H3,(H,26,28). The first-order valence-electron chi connectivity index (χ1n) is 10.1. The maximum absolute atomic E-state index is 13.0. The van der Waals surface area contributed by atoms with Crippen molar-refractivity contribution in [3.63, 3.8) is 0 Å². The van der Waals surface area contributed by atoms with Crippen molar-refractivity contribution >= 4 is 28.3 Å². The number of Topliss-reactive ketones (excluding diaryl/α,β-unsaturated/α-hetero) is 1. The number of hydrogen-bond acceptors (Lipinski definition) is 2. The molecule has 3 aromatic rings. The van der Waals surface area contributed by atoms with Gasteiger partial charge in [0.1, 0.15) is 0 Å². The van der Waals surface area contributed by atoms with Crippen molar-refractivity contribution in [3.05, 3.63) is 41.1 Å². The van der Waals surface area contributed by atoms with Gasteiger partial charge in [0.25, 0.3) is 0 Å². The molecule has 0 spiro atoms. The van der Waals surface area contributed by atoms with Crippen molar-refractivity contribution in [1.29, 1.82) is 0 Å². The highest BCUT2D eigenvalue weighted by Crippen LogP contribution is 2.38. The summed E-state index contributed by atoms with van der Waals surface area (Å²) in [5.41, 5.74) is 5.93. The number of fused-ring (bicyclic) bond motifs is 1. The van der Waals surface area contributed by atoms with E-state index in [-0.39, 0.29) is 17.6 Å². The molecule has 2 aromatic heterocycles. The first-order chi connectivity index (χ1) is 13.5. The van der Waals surface area contributed by atoms with E-state index in [1.165, 1.54) is 6.42 Å². The number of aryl methyl sites for hydroxylation is 1. The zero-order valence-corrected chi connectivity index (χ0v) is 16.7. The number of hydrogen-bond donors (Lipinski definition) is 3. The first kappa shape index (κ1) is 18.5. The molecule has 1 aliphatic carbocycles. The summed E-state index contributed by atoms with van der Waals surface area (Å²) in [5.74, 6) is 0.217. The molecule has 4 rings (SSSR count). The summed E-state index contributed by atoms with van der Waals surface area (Å²) in [5, 5.41) is 4.20. The number of H-pyrrole nitrogens is 2. The van der Waals surface area contributed by atoms with Crippen LogP contribution < -0.4 is 5.32 Å². The molecule has 1 amide bonds. The van der Waals surface area contributed by atoms with Gasteiger partial charge in [-0.1, -0.05) is 37.5 Å². The van der Waals surface area contributed by atoms with Crippen LogP contribution >= 0.6 is 0 Å². The number of anilines is 1. The fourth-order valence-corrected chi connectivity index (χ4v) is 4.58. The van der Waals surface area contributed by atoms with Crippen molar-refractivity contribution in [3.8, 4) is 11.4 Å². The Labute approximate surface area is 164 Å². The summed E-state index contributed by atoms with van der Waals surface area (Å²) >= 11 is 0. The minimum Gasteiger partial charge on any atom is -0.357 e. The maximum Gasteiger partial charge on any atom is 0.227 e. The third kappa shape index (κ3) is 3.15. The predicted molar refractivity (Wildman–Crippen MR) is 113 cm³/mol. The highest BCUT2D eigenvalue weighted by Gasteiger charge is 2.25. The number of benzene rings is 1. The molecule has 1 saturated carbocycles. The monoisotopic (exact) mass is 377 g/mol. The van der Waals surface area contributed by atoms with Crippen molar-refractivity contribution in [2.45, 2.75) is 52.9 Å². The average Bonchev–Trinajstić information content (AvgIpc) is 3.19. The Morgan fingerprint density at radius 2 is 1.71 bits per heavy atom. The van der Waals surface area contributed by atoms with E-state index in [0.717, 1.165) is 70.5 Å². The highest BCUT2D eigenvalue weighted by molar-refractivity contribution is 6.09. The molecule has 5 heteroatoms. The van der Waals surface area contributed by atoms with Gasteiger partial charge in [0.05, 0.1) is 17.1 Å². The quantitative estimate of drug-likeness (QED) is 0.525. The van der Waals surface area contributed by atoms with E-state index in [1.807, 2.05) is 38.1 Å². The number of amides is 1. The van der Waals surface area contributed by atoms with Crippen LogP contribution in [0.15, 0.2) is 24.3 Å². The van der Waals surface area contributed by atoms with E-state index in [1.54, 1.807) is 6.92 Å². The second kappa shape index (κ2) is 7.30. The van der Waals surface area contributed by atoms with E-state index in [4.69, 9.17) is 0 Å². The lowest BCUT2D eigenvalue weighted by Crippen LogP contribution is -2.24. The van der Waals surface area contributed by atoms with Gasteiger partial charge >= 0.3 is 0 Å². The molecule has 1 aliphatic rings. The number of ketones is 1. The average molecular weight is 377 g/mol. The summed E-state index contributed by atoms with van der Waals surface area (Å²) in [6, 6.07) is 7.97. The minimum atomic E-state index is 0.0430. The first-order valence-corrected chi connectivity index (χ1v) is 10.1. The molecule has 0 atom stereocenters. The molecular formula is C23H27N3O2. The van der Waals surface area contributed by atoms with Crippen LogP contribution in [0, 0.1) is 19.8 Å². The van der Waals surface area contributed by atoms with E-state index in [0.29, 0.717) is 0 Å². The number of rotatable bonds is 4. The molecule has 5 nitrogen and oxygen atoms in total. The Morgan fingerprint density at radius 1 is 1.00 bits per heavy atom. The highest BCUT2D eigenvalue weighted by atomic mass is 16.2. The Morgan fingerprint density at radius 3 is 2.39 bits per heavy atom. The summed E-state index contributed by atoms with van der Waals surface area (Å²) in [4.78, 5) is 31.9. The second-order valence-electron chi connectivity index (χ2n) is 7.93. The lowest BCUT2D eigenvalue weighted by molar-refractivity contribution is -0.120. The smallest absolute Gasteiger partial charge is 0.227 e. The summed E-state index contributed by atoms with van der Waals surface area (Å²) in [7, 11) is 0. The zero-order chi connectivity index (χ0) is 19.8. The van der Waals surface area contributed by atoms with E-state index >= 15 is 0 Å². The van der Waals surface area contributed by atoms with Gasteiger partial charge in [-0.15, -0.1) is 0 Å². The van der Waals surface area contributed by atoms with Crippen molar-refractivity contribution in [2.75, 3.05) is 5.32 Å². The van der Waals surface area contributed by atoms with Crippen LogP contribution in [0.3, 0.4) is 0 Å². The SMILES string of the molecule is CC(=O)c1c(C)[nH]c(-c2[nH]c3ccccc3c2NC(=O)C2CCCCC2)c1C. The minimum absolute atomic E-state index is 0.0430. The Bertz CT molecular complexity index is 1050. The topological polar surface area (TPSA) is 77.8 Å². The third-order valence-electron chi connectivity index (χ3n) is 5.97. The second-order valence-corrected chi connectivity index (χ2v) is 7.93. The molecule has 1 fully saturated rings.